The van der Waals surface area contributed by atoms with Crippen molar-refractivity contribution in [3.8, 4) is 10.7 Å². The number of rotatable bonds is 5. The summed E-state index contributed by atoms with van der Waals surface area (Å²) in [4.78, 5) is 15.7. The number of carbonyl (C=O) groups excluding carboxylic acids is 1. The van der Waals surface area contributed by atoms with Crippen LogP contribution in [0, 0.1) is 0 Å². The normalized spacial score (nSPS) is 10.6. The third kappa shape index (κ3) is 2.95. The maximum absolute atomic E-state index is 11.2. The quantitative estimate of drug-likeness (QED) is 0.776. The third-order valence-corrected chi connectivity index (χ3v) is 3.40. The minimum Gasteiger partial charge on any atom is -0.466 e. The second kappa shape index (κ2) is 5.77. The molecule has 0 aromatic carbocycles. The number of carbonyl (C=O) groups is 1. The van der Waals surface area contributed by atoms with E-state index in [0.29, 0.717) is 19.4 Å². The zero-order chi connectivity index (χ0) is 13.0. The van der Waals surface area contributed by atoms with Crippen LogP contribution in [0.2, 0.25) is 0 Å². The van der Waals surface area contributed by atoms with Gasteiger partial charge in [0, 0.05) is 25.0 Å². The van der Waals surface area contributed by atoms with Crippen molar-refractivity contribution in [2.24, 2.45) is 7.05 Å². The second-order valence-corrected chi connectivity index (χ2v) is 4.65. The molecule has 0 unspecified atom stereocenters. The van der Waals surface area contributed by atoms with Crippen LogP contribution in [0.15, 0.2) is 17.6 Å². The van der Waals surface area contributed by atoms with E-state index in [0.717, 1.165) is 16.4 Å². The van der Waals surface area contributed by atoms with Crippen LogP contribution >= 0.6 is 11.3 Å². The molecule has 18 heavy (non-hydrogen) atoms. The maximum Gasteiger partial charge on any atom is 0.306 e. The molecule has 0 bridgehead atoms. The average molecular weight is 265 g/mol. The van der Waals surface area contributed by atoms with Crippen molar-refractivity contribution in [3.63, 3.8) is 0 Å². The minimum atomic E-state index is -0.174. The molecule has 0 atom stereocenters. The lowest BCUT2D eigenvalue weighted by Crippen LogP contribution is -2.05. The highest BCUT2D eigenvalue weighted by Crippen LogP contribution is 2.23. The molecular weight excluding hydrogens is 250 g/mol. The molecule has 96 valence electrons. The Morgan fingerprint density at radius 2 is 2.39 bits per heavy atom. The number of hydrogen-bond acceptors (Lipinski definition) is 5. The van der Waals surface area contributed by atoms with Crippen molar-refractivity contribution in [2.45, 2.75) is 19.8 Å². The Hall–Kier alpha value is -1.69. The summed E-state index contributed by atoms with van der Waals surface area (Å²) >= 11 is 1.56. The predicted octanol–water partition coefficient (Wildman–Crippen LogP) is 2.04. The molecule has 2 aromatic heterocycles. The zero-order valence-electron chi connectivity index (χ0n) is 10.4. The van der Waals surface area contributed by atoms with Gasteiger partial charge >= 0.3 is 5.97 Å². The van der Waals surface area contributed by atoms with Gasteiger partial charge in [0.2, 0.25) is 0 Å². The summed E-state index contributed by atoms with van der Waals surface area (Å²) in [7, 11) is 1.88. The second-order valence-electron chi connectivity index (χ2n) is 3.79. The van der Waals surface area contributed by atoms with Crippen molar-refractivity contribution in [2.75, 3.05) is 6.61 Å². The van der Waals surface area contributed by atoms with Gasteiger partial charge in [0.1, 0.15) is 5.01 Å². The number of nitrogens with zero attached hydrogens (tertiary/aromatic N) is 3. The van der Waals surface area contributed by atoms with Crippen LogP contribution < -0.4 is 0 Å². The summed E-state index contributed by atoms with van der Waals surface area (Å²) in [5.74, 6) is -0.174. The van der Waals surface area contributed by atoms with Gasteiger partial charge in [-0.25, -0.2) is 4.98 Å². The first kappa shape index (κ1) is 12.8. The van der Waals surface area contributed by atoms with E-state index in [2.05, 4.69) is 10.1 Å². The lowest BCUT2D eigenvalue weighted by atomic mass is 10.2. The fraction of sp³-hybridized carbons (Fsp3) is 0.417. The van der Waals surface area contributed by atoms with E-state index in [1.807, 2.05) is 18.5 Å². The van der Waals surface area contributed by atoms with Crippen molar-refractivity contribution in [1.29, 1.82) is 0 Å². The lowest BCUT2D eigenvalue weighted by molar-refractivity contribution is -0.143. The lowest BCUT2D eigenvalue weighted by Gasteiger charge is -1.99. The first-order valence-corrected chi connectivity index (χ1v) is 6.67. The number of aromatic nitrogens is 3. The topological polar surface area (TPSA) is 57.0 Å². The summed E-state index contributed by atoms with van der Waals surface area (Å²) in [6.07, 6.45) is 2.74. The third-order valence-electron chi connectivity index (χ3n) is 2.48. The van der Waals surface area contributed by atoms with Crippen LogP contribution in [0.3, 0.4) is 0 Å². The largest absolute Gasteiger partial charge is 0.466 e. The molecule has 2 rings (SSSR count). The highest BCUT2D eigenvalue weighted by molar-refractivity contribution is 7.13. The molecule has 0 aliphatic carbocycles. The van der Waals surface area contributed by atoms with E-state index in [-0.39, 0.29) is 5.97 Å². The Bertz CT molecular complexity index is 533. The van der Waals surface area contributed by atoms with Crippen LogP contribution in [0.5, 0.6) is 0 Å². The van der Waals surface area contributed by atoms with Crippen molar-refractivity contribution < 1.29 is 9.53 Å². The van der Waals surface area contributed by atoms with E-state index < -0.39 is 0 Å². The van der Waals surface area contributed by atoms with Gasteiger partial charge in [-0.05, 0) is 13.0 Å². The Morgan fingerprint density at radius 1 is 1.56 bits per heavy atom. The molecule has 0 saturated carbocycles. The van der Waals surface area contributed by atoms with Gasteiger partial charge in [-0.3, -0.25) is 9.48 Å². The average Bonchev–Trinajstić information content (AvgIpc) is 2.95. The number of esters is 1. The molecular formula is C12H15N3O2S. The number of ether oxygens (including phenoxy) is 1. The number of aryl methyl sites for hydroxylation is 2. The van der Waals surface area contributed by atoms with E-state index in [9.17, 15) is 4.79 Å². The summed E-state index contributed by atoms with van der Waals surface area (Å²) in [6.45, 7) is 2.23. The van der Waals surface area contributed by atoms with Crippen molar-refractivity contribution >= 4 is 17.3 Å². The van der Waals surface area contributed by atoms with Crippen LogP contribution in [0.4, 0.5) is 0 Å². The van der Waals surface area contributed by atoms with Gasteiger partial charge < -0.3 is 4.74 Å². The zero-order valence-corrected chi connectivity index (χ0v) is 11.2. The standard InChI is InChI=1S/C12H15N3O2S/c1-3-17-11(16)5-4-9-8-18-12(14-9)10-6-7-13-15(10)2/h6-8H,3-5H2,1-2H3. The molecule has 5 nitrogen and oxygen atoms in total. The van der Waals surface area contributed by atoms with Gasteiger partial charge in [-0.2, -0.15) is 5.10 Å². The Kier molecular flexibility index (Phi) is 4.09. The van der Waals surface area contributed by atoms with Gasteiger partial charge in [0.15, 0.2) is 0 Å². The van der Waals surface area contributed by atoms with Gasteiger partial charge in [0.25, 0.3) is 0 Å². The first-order chi connectivity index (χ1) is 8.70. The Morgan fingerprint density at radius 3 is 3.06 bits per heavy atom. The maximum atomic E-state index is 11.2. The van der Waals surface area contributed by atoms with E-state index in [1.54, 1.807) is 29.1 Å². The van der Waals surface area contributed by atoms with Gasteiger partial charge in [0.05, 0.1) is 24.4 Å². The molecule has 2 heterocycles. The molecule has 0 radical (unpaired) electrons. The van der Waals surface area contributed by atoms with Crippen LogP contribution in [-0.4, -0.2) is 27.3 Å². The first-order valence-electron chi connectivity index (χ1n) is 5.79. The minimum absolute atomic E-state index is 0.174. The predicted molar refractivity (Wildman–Crippen MR) is 69.3 cm³/mol. The fourth-order valence-corrected chi connectivity index (χ4v) is 2.50. The fourth-order valence-electron chi connectivity index (χ4n) is 1.59. The summed E-state index contributed by atoms with van der Waals surface area (Å²) in [6, 6.07) is 1.92. The van der Waals surface area contributed by atoms with Gasteiger partial charge in [-0.15, -0.1) is 11.3 Å². The summed E-state index contributed by atoms with van der Waals surface area (Å²) in [5, 5.41) is 7.01. The molecule has 0 aliphatic heterocycles. The van der Waals surface area contributed by atoms with Crippen LogP contribution in [-0.2, 0) is 23.0 Å². The van der Waals surface area contributed by atoms with E-state index >= 15 is 0 Å². The molecule has 0 aliphatic rings. The SMILES string of the molecule is CCOC(=O)CCc1csc(-c2ccnn2C)n1. The monoisotopic (exact) mass is 265 g/mol. The Labute approximate surface area is 109 Å². The highest BCUT2D eigenvalue weighted by atomic mass is 32.1. The van der Waals surface area contributed by atoms with Gasteiger partial charge in [-0.1, -0.05) is 0 Å². The Balaban J connectivity index is 1.99. The molecule has 2 aromatic rings. The smallest absolute Gasteiger partial charge is 0.306 e. The number of thiazole rings is 1. The summed E-state index contributed by atoms with van der Waals surface area (Å²) in [5.41, 5.74) is 1.91. The molecule has 6 heteroatoms. The number of hydrogen-bond donors (Lipinski definition) is 0. The van der Waals surface area contributed by atoms with Crippen molar-refractivity contribution in [3.05, 3.63) is 23.3 Å². The molecule has 0 N–H and O–H groups in total. The molecule has 0 amide bonds. The van der Waals surface area contributed by atoms with Crippen molar-refractivity contribution in [1.82, 2.24) is 14.8 Å². The summed E-state index contributed by atoms with van der Waals surface area (Å²) < 4.78 is 6.67. The van der Waals surface area contributed by atoms with Crippen LogP contribution in [0.1, 0.15) is 19.0 Å². The van der Waals surface area contributed by atoms with E-state index in [1.165, 1.54) is 0 Å². The molecule has 0 fully saturated rings. The molecule has 0 saturated heterocycles. The highest BCUT2D eigenvalue weighted by Gasteiger charge is 2.09. The molecule has 0 spiro atoms. The van der Waals surface area contributed by atoms with E-state index in [4.69, 9.17) is 4.74 Å². The van der Waals surface area contributed by atoms with Crippen LogP contribution in [0.25, 0.3) is 10.7 Å².